The molecule has 0 fully saturated rings. The number of aryl methyl sites for hydroxylation is 2. The molecule has 0 spiro atoms. The second-order valence-electron chi connectivity index (χ2n) is 5.28. The summed E-state index contributed by atoms with van der Waals surface area (Å²) >= 11 is 3.46. The fourth-order valence-corrected chi connectivity index (χ4v) is 3.06. The van der Waals surface area contributed by atoms with Crippen LogP contribution in [-0.2, 0) is 14.1 Å². The van der Waals surface area contributed by atoms with E-state index in [2.05, 4.69) is 22.9 Å². The first-order valence-electron chi connectivity index (χ1n) is 6.77. The number of carbonyl (C=O) groups excluding carboxylic acids is 1. The van der Waals surface area contributed by atoms with Gasteiger partial charge in [0.2, 0.25) is 0 Å². The lowest BCUT2D eigenvalue weighted by Gasteiger charge is -2.11. The maximum absolute atomic E-state index is 12.5. The number of benzene rings is 1. The molecule has 1 aromatic heterocycles. The molecule has 0 N–H and O–H groups in total. The zero-order chi connectivity index (χ0) is 15.0. The highest BCUT2D eigenvalue weighted by molar-refractivity contribution is 9.10. The van der Waals surface area contributed by atoms with Crippen LogP contribution in [-0.4, -0.2) is 14.9 Å². The molecule has 5 heteroatoms. The topological polar surface area (TPSA) is 44.0 Å². The number of ketones is 1. The van der Waals surface area contributed by atoms with Crippen molar-refractivity contribution in [2.45, 2.75) is 26.7 Å². The van der Waals surface area contributed by atoms with Gasteiger partial charge in [-0.15, -0.1) is 0 Å². The molecule has 20 heavy (non-hydrogen) atoms. The molecule has 1 aromatic carbocycles. The van der Waals surface area contributed by atoms with Gasteiger partial charge >= 0.3 is 5.69 Å². The van der Waals surface area contributed by atoms with Gasteiger partial charge in [0.1, 0.15) is 0 Å². The van der Waals surface area contributed by atoms with Crippen molar-refractivity contribution in [3.8, 4) is 0 Å². The van der Waals surface area contributed by atoms with Crippen LogP contribution >= 0.6 is 15.9 Å². The Bertz CT molecular complexity index is 728. The quantitative estimate of drug-likeness (QED) is 0.803. The summed E-state index contributed by atoms with van der Waals surface area (Å²) in [5.41, 5.74) is 2.18. The molecule has 0 bridgehead atoms. The zero-order valence-corrected chi connectivity index (χ0v) is 13.8. The predicted molar refractivity (Wildman–Crippen MR) is 84.3 cm³/mol. The van der Waals surface area contributed by atoms with Crippen molar-refractivity contribution in [2.75, 3.05) is 0 Å². The first-order chi connectivity index (χ1) is 9.38. The SMILES string of the molecule is CCCC(C)C(=O)c1cc2c(cc1Br)n(C)c(=O)n2C. The Hall–Kier alpha value is -1.36. The average molecular weight is 339 g/mol. The number of fused-ring (bicyclic) bond motifs is 1. The Morgan fingerprint density at radius 3 is 2.35 bits per heavy atom. The van der Waals surface area contributed by atoms with Gasteiger partial charge < -0.3 is 0 Å². The van der Waals surface area contributed by atoms with Gasteiger partial charge in [-0.2, -0.15) is 0 Å². The number of hydrogen-bond donors (Lipinski definition) is 0. The Morgan fingerprint density at radius 2 is 1.80 bits per heavy atom. The lowest BCUT2D eigenvalue weighted by atomic mass is 9.95. The number of Topliss-reactive ketones (excluding diaryl/α,β-unsaturated/α-hetero) is 1. The molecule has 1 atom stereocenters. The van der Waals surface area contributed by atoms with Gasteiger partial charge in [0.05, 0.1) is 11.0 Å². The van der Waals surface area contributed by atoms with Crippen LogP contribution < -0.4 is 5.69 Å². The van der Waals surface area contributed by atoms with Gasteiger partial charge in [-0.1, -0.05) is 20.3 Å². The van der Waals surface area contributed by atoms with Crippen LogP contribution in [0.15, 0.2) is 21.4 Å². The van der Waals surface area contributed by atoms with Gasteiger partial charge in [0, 0.05) is 30.0 Å². The molecular weight excluding hydrogens is 320 g/mol. The van der Waals surface area contributed by atoms with Crippen molar-refractivity contribution in [2.24, 2.45) is 20.0 Å². The molecule has 1 unspecified atom stereocenters. The van der Waals surface area contributed by atoms with E-state index in [9.17, 15) is 9.59 Å². The summed E-state index contributed by atoms with van der Waals surface area (Å²) in [6, 6.07) is 3.66. The minimum Gasteiger partial charge on any atom is -0.295 e. The molecule has 108 valence electrons. The molecule has 0 saturated carbocycles. The number of nitrogens with zero attached hydrogens (tertiary/aromatic N) is 2. The van der Waals surface area contributed by atoms with Crippen LogP contribution in [0, 0.1) is 5.92 Å². The third-order valence-electron chi connectivity index (χ3n) is 3.80. The smallest absolute Gasteiger partial charge is 0.295 e. The number of aromatic nitrogens is 2. The Balaban J connectivity index is 2.61. The van der Waals surface area contributed by atoms with Gasteiger partial charge in [0.25, 0.3) is 0 Å². The highest BCUT2D eigenvalue weighted by Crippen LogP contribution is 2.26. The van der Waals surface area contributed by atoms with Crippen LogP contribution in [0.2, 0.25) is 0 Å². The van der Waals surface area contributed by atoms with Gasteiger partial charge in [-0.3, -0.25) is 13.9 Å². The minimum absolute atomic E-state index is 0.00510. The molecule has 0 amide bonds. The summed E-state index contributed by atoms with van der Waals surface area (Å²) in [7, 11) is 3.46. The van der Waals surface area contributed by atoms with E-state index in [4.69, 9.17) is 0 Å². The molecule has 0 saturated heterocycles. The second kappa shape index (κ2) is 5.56. The molecule has 0 aliphatic heterocycles. The third-order valence-corrected chi connectivity index (χ3v) is 4.45. The average Bonchev–Trinajstić information content (AvgIpc) is 2.62. The Morgan fingerprint density at radius 1 is 1.25 bits per heavy atom. The summed E-state index contributed by atoms with van der Waals surface area (Å²) in [6.45, 7) is 4.02. The monoisotopic (exact) mass is 338 g/mol. The van der Waals surface area contributed by atoms with E-state index in [1.54, 1.807) is 23.2 Å². The number of rotatable bonds is 4. The van der Waals surface area contributed by atoms with Crippen LogP contribution in [0.5, 0.6) is 0 Å². The molecule has 4 nitrogen and oxygen atoms in total. The minimum atomic E-state index is -0.0851. The van der Waals surface area contributed by atoms with E-state index in [0.717, 1.165) is 28.3 Å². The lowest BCUT2D eigenvalue weighted by Crippen LogP contribution is -2.19. The molecule has 1 heterocycles. The largest absolute Gasteiger partial charge is 0.328 e. The number of carbonyl (C=O) groups is 1. The van der Waals surface area contributed by atoms with Gasteiger partial charge in [-0.25, -0.2) is 4.79 Å². The predicted octanol–water partition coefficient (Wildman–Crippen LogP) is 3.26. The maximum Gasteiger partial charge on any atom is 0.328 e. The molecular formula is C15H19BrN2O2. The molecule has 0 radical (unpaired) electrons. The van der Waals surface area contributed by atoms with E-state index in [-0.39, 0.29) is 17.4 Å². The standard InChI is InChI=1S/C15H19BrN2O2/c1-5-6-9(2)14(19)10-7-12-13(8-11(10)16)18(4)15(20)17(12)3/h7-9H,5-6H2,1-4H3. The van der Waals surface area contributed by atoms with Gasteiger partial charge in [-0.05, 0) is 34.5 Å². The zero-order valence-electron chi connectivity index (χ0n) is 12.2. The Labute approximate surface area is 126 Å². The Kier molecular flexibility index (Phi) is 4.18. The summed E-state index contributed by atoms with van der Waals surface area (Å²) in [5, 5.41) is 0. The normalized spacial score (nSPS) is 12.8. The van der Waals surface area contributed by atoms with E-state index in [0.29, 0.717) is 5.56 Å². The first kappa shape index (κ1) is 15.0. The van der Waals surface area contributed by atoms with E-state index in [1.165, 1.54) is 0 Å². The summed E-state index contributed by atoms with van der Waals surface area (Å²) in [5.74, 6) is 0.117. The highest BCUT2D eigenvalue weighted by atomic mass is 79.9. The summed E-state index contributed by atoms with van der Waals surface area (Å²) in [6.07, 6.45) is 1.85. The molecule has 2 aromatic rings. The number of hydrogen-bond acceptors (Lipinski definition) is 2. The second-order valence-corrected chi connectivity index (χ2v) is 6.13. The fraction of sp³-hybridized carbons (Fsp3) is 0.467. The molecule has 0 aliphatic rings. The number of imidazole rings is 1. The van der Waals surface area contributed by atoms with Crippen molar-refractivity contribution >= 4 is 32.7 Å². The molecule has 2 rings (SSSR count). The fourth-order valence-electron chi connectivity index (χ4n) is 2.54. The van der Waals surface area contributed by atoms with Crippen molar-refractivity contribution in [3.63, 3.8) is 0 Å². The van der Waals surface area contributed by atoms with Crippen LogP contribution in [0.25, 0.3) is 11.0 Å². The lowest BCUT2D eigenvalue weighted by molar-refractivity contribution is 0.0923. The number of halogens is 1. The first-order valence-corrected chi connectivity index (χ1v) is 7.57. The van der Waals surface area contributed by atoms with Gasteiger partial charge in [0.15, 0.2) is 5.78 Å². The van der Waals surface area contributed by atoms with Crippen molar-refractivity contribution < 1.29 is 4.79 Å². The summed E-state index contributed by atoms with van der Waals surface area (Å²) in [4.78, 5) is 24.4. The van der Waals surface area contributed by atoms with Crippen molar-refractivity contribution in [1.82, 2.24) is 9.13 Å². The maximum atomic E-state index is 12.5. The van der Waals surface area contributed by atoms with E-state index in [1.807, 2.05) is 19.1 Å². The van der Waals surface area contributed by atoms with Crippen LogP contribution in [0.3, 0.4) is 0 Å². The van der Waals surface area contributed by atoms with E-state index < -0.39 is 0 Å². The third kappa shape index (κ3) is 2.35. The van der Waals surface area contributed by atoms with Crippen LogP contribution in [0.1, 0.15) is 37.0 Å². The summed E-state index contributed by atoms with van der Waals surface area (Å²) < 4.78 is 3.91. The van der Waals surface area contributed by atoms with Crippen molar-refractivity contribution in [3.05, 3.63) is 32.7 Å². The molecule has 0 aliphatic carbocycles. The van der Waals surface area contributed by atoms with Crippen LogP contribution in [0.4, 0.5) is 0 Å². The van der Waals surface area contributed by atoms with Crippen molar-refractivity contribution in [1.29, 1.82) is 0 Å². The van der Waals surface area contributed by atoms with E-state index >= 15 is 0 Å². The highest BCUT2D eigenvalue weighted by Gasteiger charge is 2.19.